The van der Waals surface area contributed by atoms with Crippen molar-refractivity contribution in [3.8, 4) is 0 Å². The van der Waals surface area contributed by atoms with E-state index in [2.05, 4.69) is 49.1 Å². The molecule has 1 aromatic carbocycles. The molecule has 0 amide bonds. The van der Waals surface area contributed by atoms with Crippen molar-refractivity contribution in [3.05, 3.63) is 35.9 Å². The van der Waals surface area contributed by atoms with E-state index in [1.807, 2.05) is 0 Å². The predicted octanol–water partition coefficient (Wildman–Crippen LogP) is 3.99. The van der Waals surface area contributed by atoms with Crippen molar-refractivity contribution in [1.29, 1.82) is 0 Å². The van der Waals surface area contributed by atoms with Crippen molar-refractivity contribution in [2.45, 2.75) is 39.5 Å². The third-order valence-corrected chi connectivity index (χ3v) is 4.37. The second-order valence-electron chi connectivity index (χ2n) is 6.01. The highest BCUT2D eigenvalue weighted by Crippen LogP contribution is 2.24. The summed E-state index contributed by atoms with van der Waals surface area (Å²) >= 11 is 0. The average molecular weight is 245 g/mol. The van der Waals surface area contributed by atoms with Crippen molar-refractivity contribution in [3.63, 3.8) is 0 Å². The van der Waals surface area contributed by atoms with Crippen LogP contribution in [0.25, 0.3) is 0 Å². The summed E-state index contributed by atoms with van der Waals surface area (Å²) in [5.74, 6) is 1.81. The first-order chi connectivity index (χ1) is 8.75. The van der Waals surface area contributed by atoms with Crippen LogP contribution in [0.3, 0.4) is 0 Å². The van der Waals surface area contributed by atoms with Gasteiger partial charge in [0, 0.05) is 6.54 Å². The lowest BCUT2D eigenvalue weighted by atomic mass is 9.89. The van der Waals surface area contributed by atoms with E-state index in [9.17, 15) is 0 Å². The smallest absolute Gasteiger partial charge is 0.00218 e. The van der Waals surface area contributed by atoms with Gasteiger partial charge in [0.05, 0.1) is 0 Å². The van der Waals surface area contributed by atoms with E-state index >= 15 is 0 Å². The molecule has 100 valence electrons. The second kappa shape index (κ2) is 6.94. The van der Waals surface area contributed by atoms with E-state index in [1.54, 1.807) is 0 Å². The number of benzene rings is 1. The summed E-state index contributed by atoms with van der Waals surface area (Å²) in [6.45, 7) is 8.59. The van der Waals surface area contributed by atoms with Gasteiger partial charge in [0.1, 0.15) is 0 Å². The Hall–Kier alpha value is -0.820. The lowest BCUT2D eigenvalue weighted by Crippen LogP contribution is -2.27. The molecular weight excluding hydrogens is 218 g/mol. The zero-order valence-electron chi connectivity index (χ0n) is 11.9. The maximum Gasteiger partial charge on any atom is 0.00218 e. The largest absolute Gasteiger partial charge is 0.303 e. The van der Waals surface area contributed by atoms with Gasteiger partial charge in [0.2, 0.25) is 0 Å². The monoisotopic (exact) mass is 245 g/mol. The first-order valence-electron chi connectivity index (χ1n) is 7.52. The van der Waals surface area contributed by atoms with E-state index < -0.39 is 0 Å². The molecule has 0 N–H and O–H groups in total. The molecule has 2 rings (SSSR count). The lowest BCUT2D eigenvalue weighted by molar-refractivity contribution is 0.275. The zero-order valence-corrected chi connectivity index (χ0v) is 11.9. The summed E-state index contributed by atoms with van der Waals surface area (Å²) in [6, 6.07) is 10.9. The molecule has 1 saturated heterocycles. The Morgan fingerprint density at radius 2 is 1.89 bits per heavy atom. The minimum atomic E-state index is 0.860. The van der Waals surface area contributed by atoms with Gasteiger partial charge in [-0.05, 0) is 56.2 Å². The van der Waals surface area contributed by atoms with Crippen LogP contribution >= 0.6 is 0 Å². The average Bonchev–Trinajstić information content (AvgIpc) is 2.63. The molecule has 1 aromatic rings. The molecule has 0 aromatic heterocycles. The Kier molecular flexibility index (Phi) is 5.25. The van der Waals surface area contributed by atoms with Crippen molar-refractivity contribution in [1.82, 2.24) is 4.90 Å². The van der Waals surface area contributed by atoms with Gasteiger partial charge >= 0.3 is 0 Å². The molecule has 18 heavy (non-hydrogen) atoms. The predicted molar refractivity (Wildman–Crippen MR) is 78.8 cm³/mol. The Labute approximate surface area is 112 Å². The highest BCUT2D eigenvalue weighted by molar-refractivity contribution is 5.14. The van der Waals surface area contributed by atoms with Gasteiger partial charge in [0.25, 0.3) is 0 Å². The summed E-state index contributed by atoms with van der Waals surface area (Å²) in [5.41, 5.74) is 1.47. The summed E-state index contributed by atoms with van der Waals surface area (Å²) in [6.07, 6.45) is 5.41. The van der Waals surface area contributed by atoms with Crippen LogP contribution in [0.2, 0.25) is 0 Å². The third kappa shape index (κ3) is 4.13. The summed E-state index contributed by atoms with van der Waals surface area (Å²) in [5, 5.41) is 0. The van der Waals surface area contributed by atoms with E-state index in [1.165, 1.54) is 50.9 Å². The van der Waals surface area contributed by atoms with Crippen LogP contribution in [0.4, 0.5) is 0 Å². The molecule has 0 saturated carbocycles. The lowest BCUT2D eigenvalue weighted by Gasteiger charge is -2.21. The number of rotatable bonds is 4. The molecule has 0 spiro atoms. The number of nitrogens with zero attached hydrogens (tertiary/aromatic N) is 1. The fourth-order valence-electron chi connectivity index (χ4n) is 3.00. The molecule has 1 atom stereocenters. The fourth-order valence-corrected chi connectivity index (χ4v) is 3.00. The van der Waals surface area contributed by atoms with Crippen LogP contribution in [-0.2, 0) is 6.42 Å². The van der Waals surface area contributed by atoms with E-state index in [-0.39, 0.29) is 0 Å². The van der Waals surface area contributed by atoms with Crippen LogP contribution in [0.15, 0.2) is 30.3 Å². The zero-order chi connectivity index (χ0) is 12.8. The number of hydrogen-bond donors (Lipinski definition) is 0. The molecule has 1 aliphatic rings. The maximum absolute atomic E-state index is 2.66. The standard InChI is InChI=1S/C17H27N/c1-15(2)17-9-6-12-18(14-11-17)13-10-16-7-4-3-5-8-16/h3-5,7-8,15,17H,6,9-14H2,1-2H3. The summed E-state index contributed by atoms with van der Waals surface area (Å²) in [7, 11) is 0. The van der Waals surface area contributed by atoms with Crippen molar-refractivity contribution in [2.75, 3.05) is 19.6 Å². The first kappa shape index (κ1) is 13.6. The SMILES string of the molecule is CC(C)C1CCCN(CCc2ccccc2)CC1. The molecule has 0 aliphatic carbocycles. The quantitative estimate of drug-likeness (QED) is 0.775. The van der Waals surface area contributed by atoms with Gasteiger partial charge in [0.15, 0.2) is 0 Å². The Balaban J connectivity index is 1.77. The molecular formula is C17H27N. The van der Waals surface area contributed by atoms with Gasteiger partial charge in [-0.2, -0.15) is 0 Å². The van der Waals surface area contributed by atoms with Crippen LogP contribution < -0.4 is 0 Å². The third-order valence-electron chi connectivity index (χ3n) is 4.37. The first-order valence-corrected chi connectivity index (χ1v) is 7.52. The normalized spacial score (nSPS) is 22.1. The number of hydrogen-bond acceptors (Lipinski definition) is 1. The van der Waals surface area contributed by atoms with Crippen LogP contribution in [0.1, 0.15) is 38.7 Å². The molecule has 1 aliphatic heterocycles. The Morgan fingerprint density at radius 1 is 1.11 bits per heavy atom. The minimum absolute atomic E-state index is 0.860. The Bertz CT molecular complexity index is 331. The Morgan fingerprint density at radius 3 is 2.61 bits per heavy atom. The van der Waals surface area contributed by atoms with Crippen molar-refractivity contribution >= 4 is 0 Å². The molecule has 1 heterocycles. The van der Waals surface area contributed by atoms with Crippen LogP contribution in [0.5, 0.6) is 0 Å². The van der Waals surface area contributed by atoms with Crippen LogP contribution in [-0.4, -0.2) is 24.5 Å². The fraction of sp³-hybridized carbons (Fsp3) is 0.647. The topological polar surface area (TPSA) is 3.24 Å². The molecule has 0 radical (unpaired) electrons. The summed E-state index contributed by atoms with van der Waals surface area (Å²) in [4.78, 5) is 2.66. The van der Waals surface area contributed by atoms with Crippen LogP contribution in [0, 0.1) is 11.8 Å². The molecule has 0 bridgehead atoms. The molecule has 1 unspecified atom stereocenters. The van der Waals surface area contributed by atoms with Gasteiger partial charge in [-0.3, -0.25) is 0 Å². The van der Waals surface area contributed by atoms with Crippen molar-refractivity contribution < 1.29 is 0 Å². The van der Waals surface area contributed by atoms with E-state index in [0.717, 1.165) is 11.8 Å². The van der Waals surface area contributed by atoms with Crippen molar-refractivity contribution in [2.24, 2.45) is 11.8 Å². The molecule has 1 nitrogen and oxygen atoms in total. The minimum Gasteiger partial charge on any atom is -0.303 e. The van der Waals surface area contributed by atoms with Gasteiger partial charge in [-0.25, -0.2) is 0 Å². The van der Waals surface area contributed by atoms with E-state index in [0.29, 0.717) is 0 Å². The van der Waals surface area contributed by atoms with Gasteiger partial charge < -0.3 is 4.90 Å². The summed E-state index contributed by atoms with van der Waals surface area (Å²) < 4.78 is 0. The second-order valence-corrected chi connectivity index (χ2v) is 6.01. The highest BCUT2D eigenvalue weighted by Gasteiger charge is 2.18. The van der Waals surface area contributed by atoms with Gasteiger partial charge in [-0.1, -0.05) is 44.2 Å². The number of likely N-dealkylation sites (tertiary alicyclic amines) is 1. The van der Waals surface area contributed by atoms with E-state index in [4.69, 9.17) is 0 Å². The highest BCUT2D eigenvalue weighted by atomic mass is 15.1. The molecule has 1 heteroatoms. The van der Waals surface area contributed by atoms with Gasteiger partial charge in [-0.15, -0.1) is 0 Å². The maximum atomic E-state index is 2.66. The molecule has 1 fully saturated rings.